The molecule has 1 aromatic rings. The number of rotatable bonds is 7. The van der Waals surface area contributed by atoms with Crippen LogP contribution in [0.1, 0.15) is 69.9 Å². The average Bonchev–Trinajstić information content (AvgIpc) is 3.29. The van der Waals surface area contributed by atoms with Crippen LogP contribution in [0.15, 0.2) is 6.20 Å². The van der Waals surface area contributed by atoms with Crippen molar-refractivity contribution >= 4 is 5.91 Å². The van der Waals surface area contributed by atoms with Crippen LogP contribution < -0.4 is 5.32 Å². The van der Waals surface area contributed by atoms with Gasteiger partial charge < -0.3 is 20.3 Å². The Hall–Kier alpha value is -1.51. The van der Waals surface area contributed by atoms with Crippen LogP contribution in [0.5, 0.6) is 0 Å². The third-order valence-electron chi connectivity index (χ3n) is 6.73. The number of nitrogens with zero attached hydrogens (tertiary/aromatic N) is 3. The molecule has 1 saturated heterocycles. The second kappa shape index (κ2) is 8.47. The molecule has 28 heavy (non-hydrogen) atoms. The number of aromatic nitrogens is 3. The number of amides is 1. The molecule has 1 aromatic heterocycles. The Labute approximate surface area is 165 Å². The van der Waals surface area contributed by atoms with Gasteiger partial charge in [0.1, 0.15) is 17.4 Å². The van der Waals surface area contributed by atoms with Crippen molar-refractivity contribution in [3.8, 4) is 0 Å². The SMILES string of the molecule is O=C(N[C@@H]1CC[C@H](CCn2cc(C3(O)CCCC3)nn2)O[C@@H]1CO)C1CCC1. The molecule has 2 aliphatic carbocycles. The van der Waals surface area contributed by atoms with Gasteiger partial charge in [-0.2, -0.15) is 0 Å². The highest BCUT2D eigenvalue weighted by Gasteiger charge is 2.36. The van der Waals surface area contributed by atoms with E-state index in [1.807, 2.05) is 6.20 Å². The fourth-order valence-electron chi connectivity index (χ4n) is 4.59. The molecule has 1 amide bonds. The van der Waals surface area contributed by atoms with E-state index in [0.717, 1.165) is 64.2 Å². The summed E-state index contributed by atoms with van der Waals surface area (Å²) in [6.45, 7) is 0.567. The Morgan fingerprint density at radius 3 is 2.71 bits per heavy atom. The van der Waals surface area contributed by atoms with Gasteiger partial charge in [-0.3, -0.25) is 9.48 Å². The summed E-state index contributed by atoms with van der Waals surface area (Å²) < 4.78 is 7.82. The molecule has 3 atom stereocenters. The molecule has 0 unspecified atom stereocenters. The minimum atomic E-state index is -0.812. The normalized spacial score (nSPS) is 30.1. The van der Waals surface area contributed by atoms with Gasteiger partial charge in [0.25, 0.3) is 0 Å². The minimum absolute atomic E-state index is 0.0243. The number of carbonyl (C=O) groups is 1. The predicted octanol–water partition coefficient (Wildman–Crippen LogP) is 1.25. The van der Waals surface area contributed by atoms with E-state index in [1.165, 1.54) is 0 Å². The molecule has 3 aliphatic rings. The van der Waals surface area contributed by atoms with E-state index in [1.54, 1.807) is 4.68 Å². The number of aliphatic hydroxyl groups excluding tert-OH is 1. The summed E-state index contributed by atoms with van der Waals surface area (Å²) in [5.74, 6) is 0.255. The molecule has 0 bridgehead atoms. The van der Waals surface area contributed by atoms with Gasteiger partial charge in [-0.1, -0.05) is 24.5 Å². The molecule has 0 radical (unpaired) electrons. The lowest BCUT2D eigenvalue weighted by Gasteiger charge is -2.37. The van der Waals surface area contributed by atoms with Gasteiger partial charge in [0.2, 0.25) is 5.91 Å². The zero-order chi connectivity index (χ0) is 19.6. The molecule has 3 fully saturated rings. The second-order valence-corrected chi connectivity index (χ2v) is 8.69. The summed E-state index contributed by atoms with van der Waals surface area (Å²) in [4.78, 5) is 12.2. The minimum Gasteiger partial charge on any atom is -0.394 e. The van der Waals surface area contributed by atoms with E-state index in [2.05, 4.69) is 15.6 Å². The van der Waals surface area contributed by atoms with Crippen LogP contribution >= 0.6 is 0 Å². The van der Waals surface area contributed by atoms with Gasteiger partial charge in [0.05, 0.1) is 24.9 Å². The maximum Gasteiger partial charge on any atom is 0.223 e. The first-order valence-corrected chi connectivity index (χ1v) is 10.8. The fourth-order valence-corrected chi connectivity index (χ4v) is 4.59. The van der Waals surface area contributed by atoms with Crippen LogP contribution in [0.25, 0.3) is 0 Å². The molecule has 0 aromatic carbocycles. The van der Waals surface area contributed by atoms with E-state index in [0.29, 0.717) is 12.2 Å². The lowest BCUT2D eigenvalue weighted by Crippen LogP contribution is -2.52. The molecular weight excluding hydrogens is 360 g/mol. The van der Waals surface area contributed by atoms with E-state index >= 15 is 0 Å². The molecule has 1 aliphatic heterocycles. The number of aryl methyl sites for hydroxylation is 1. The van der Waals surface area contributed by atoms with Crippen LogP contribution in [0, 0.1) is 5.92 Å². The lowest BCUT2D eigenvalue weighted by atomic mass is 9.84. The predicted molar refractivity (Wildman–Crippen MR) is 101 cm³/mol. The summed E-state index contributed by atoms with van der Waals surface area (Å²) in [5.41, 5.74) is -0.144. The monoisotopic (exact) mass is 392 g/mol. The first kappa shape index (κ1) is 19.8. The van der Waals surface area contributed by atoms with Gasteiger partial charge in [-0.05, 0) is 44.9 Å². The first-order valence-electron chi connectivity index (χ1n) is 10.8. The summed E-state index contributed by atoms with van der Waals surface area (Å²) in [5, 5.41) is 31.7. The molecule has 4 rings (SSSR count). The Morgan fingerprint density at radius 2 is 2.04 bits per heavy atom. The summed E-state index contributed by atoms with van der Waals surface area (Å²) in [6.07, 6.45) is 10.6. The van der Waals surface area contributed by atoms with Gasteiger partial charge >= 0.3 is 0 Å². The Morgan fingerprint density at radius 1 is 1.25 bits per heavy atom. The topological polar surface area (TPSA) is 110 Å². The van der Waals surface area contributed by atoms with Crippen molar-refractivity contribution in [1.29, 1.82) is 0 Å². The number of nitrogens with one attached hydrogen (secondary N) is 1. The maximum atomic E-state index is 12.2. The van der Waals surface area contributed by atoms with E-state index in [-0.39, 0.29) is 36.7 Å². The Balaban J connectivity index is 1.26. The number of carbonyl (C=O) groups excluding carboxylic acids is 1. The molecule has 156 valence electrons. The number of aliphatic hydroxyl groups is 2. The Kier molecular flexibility index (Phi) is 5.99. The highest BCUT2D eigenvalue weighted by Crippen LogP contribution is 2.37. The highest BCUT2D eigenvalue weighted by molar-refractivity contribution is 5.79. The number of hydrogen-bond donors (Lipinski definition) is 3. The van der Waals surface area contributed by atoms with Gasteiger partial charge in [-0.15, -0.1) is 5.10 Å². The zero-order valence-electron chi connectivity index (χ0n) is 16.4. The van der Waals surface area contributed by atoms with E-state index in [9.17, 15) is 15.0 Å². The molecule has 3 N–H and O–H groups in total. The molecule has 0 spiro atoms. The Bertz CT molecular complexity index is 669. The lowest BCUT2D eigenvalue weighted by molar-refractivity contribution is -0.134. The molecule has 8 nitrogen and oxygen atoms in total. The van der Waals surface area contributed by atoms with Crippen molar-refractivity contribution in [2.75, 3.05) is 6.61 Å². The van der Waals surface area contributed by atoms with Crippen molar-refractivity contribution in [2.45, 2.75) is 94.6 Å². The molecular formula is C20H32N4O4. The maximum absolute atomic E-state index is 12.2. The smallest absolute Gasteiger partial charge is 0.223 e. The zero-order valence-corrected chi connectivity index (χ0v) is 16.4. The quantitative estimate of drug-likeness (QED) is 0.644. The summed E-state index contributed by atoms with van der Waals surface area (Å²) in [7, 11) is 0. The van der Waals surface area contributed by atoms with Crippen molar-refractivity contribution in [3.05, 3.63) is 11.9 Å². The van der Waals surface area contributed by atoms with Crippen molar-refractivity contribution in [3.63, 3.8) is 0 Å². The molecule has 2 saturated carbocycles. The van der Waals surface area contributed by atoms with Crippen LogP contribution in [0.3, 0.4) is 0 Å². The van der Waals surface area contributed by atoms with Crippen molar-refractivity contribution in [1.82, 2.24) is 20.3 Å². The van der Waals surface area contributed by atoms with Gasteiger partial charge in [-0.25, -0.2) is 0 Å². The standard InChI is InChI=1S/C20H32N4O4/c25-13-17-16(21-19(26)14-4-3-5-14)7-6-15(28-17)8-11-24-12-18(22-23-24)20(27)9-1-2-10-20/h12,14-17,25,27H,1-11,13H2,(H,21,26)/t15-,16-,17-/m1/s1. The molecule has 2 heterocycles. The largest absolute Gasteiger partial charge is 0.394 e. The van der Waals surface area contributed by atoms with Crippen LogP contribution in [-0.2, 0) is 21.7 Å². The number of hydrogen-bond acceptors (Lipinski definition) is 6. The summed E-state index contributed by atoms with van der Waals surface area (Å²) in [6, 6.07) is -0.107. The third-order valence-corrected chi connectivity index (χ3v) is 6.73. The second-order valence-electron chi connectivity index (χ2n) is 8.69. The van der Waals surface area contributed by atoms with Crippen molar-refractivity contribution < 1.29 is 19.7 Å². The van der Waals surface area contributed by atoms with Gasteiger partial charge in [0.15, 0.2) is 0 Å². The fraction of sp³-hybridized carbons (Fsp3) is 0.850. The van der Waals surface area contributed by atoms with Crippen LogP contribution in [0.2, 0.25) is 0 Å². The van der Waals surface area contributed by atoms with E-state index < -0.39 is 5.60 Å². The third kappa shape index (κ3) is 4.23. The van der Waals surface area contributed by atoms with E-state index in [4.69, 9.17) is 4.74 Å². The average molecular weight is 393 g/mol. The van der Waals surface area contributed by atoms with Crippen LogP contribution in [0.4, 0.5) is 0 Å². The van der Waals surface area contributed by atoms with Crippen molar-refractivity contribution in [2.24, 2.45) is 5.92 Å². The molecule has 8 heteroatoms. The highest BCUT2D eigenvalue weighted by atomic mass is 16.5. The first-order chi connectivity index (χ1) is 13.6. The number of ether oxygens (including phenoxy) is 1. The van der Waals surface area contributed by atoms with Gasteiger partial charge in [0, 0.05) is 12.5 Å². The van der Waals surface area contributed by atoms with Crippen LogP contribution in [-0.4, -0.2) is 56.0 Å². The summed E-state index contributed by atoms with van der Waals surface area (Å²) >= 11 is 0.